The average Bonchev–Trinajstić information content (AvgIpc) is 3.32. The Hall–Kier alpha value is -3.04. The van der Waals surface area contributed by atoms with Crippen molar-refractivity contribution in [3.63, 3.8) is 0 Å². The number of carbonyl (C=O) groups is 1. The molecule has 0 aliphatic heterocycles. The van der Waals surface area contributed by atoms with Crippen LogP contribution in [0.3, 0.4) is 0 Å². The van der Waals surface area contributed by atoms with Gasteiger partial charge in [0, 0.05) is 16.3 Å². The summed E-state index contributed by atoms with van der Waals surface area (Å²) in [5.74, 6) is 1.17. The normalized spacial score (nSPS) is 11.4. The lowest BCUT2D eigenvalue weighted by molar-refractivity contribution is -0.118. The fourth-order valence-corrected chi connectivity index (χ4v) is 4.50. The third-order valence-corrected chi connectivity index (χ3v) is 7.08. The molecule has 0 unspecified atom stereocenters. The Morgan fingerprint density at radius 2 is 1.73 bits per heavy atom. The minimum absolute atomic E-state index is 0.0773. The third-order valence-electron chi connectivity index (χ3n) is 5.16. The number of amides is 1. The number of hydrazone groups is 1. The van der Waals surface area contributed by atoms with Crippen molar-refractivity contribution >= 4 is 58.2 Å². The van der Waals surface area contributed by atoms with E-state index in [1.54, 1.807) is 37.3 Å². The molecule has 0 radical (unpaired) electrons. The highest BCUT2D eigenvalue weighted by Crippen LogP contribution is 2.29. The number of rotatable bonds is 9. The van der Waals surface area contributed by atoms with Crippen LogP contribution >= 0.6 is 46.6 Å². The van der Waals surface area contributed by atoms with E-state index >= 15 is 0 Å². The highest BCUT2D eigenvalue weighted by molar-refractivity contribution is 7.99. The van der Waals surface area contributed by atoms with Gasteiger partial charge in [-0.05, 0) is 80.1 Å². The number of hydrogen-bond acceptors (Lipinski definition) is 6. The average molecular weight is 575 g/mol. The van der Waals surface area contributed by atoms with Crippen molar-refractivity contribution in [2.75, 3.05) is 12.4 Å². The van der Waals surface area contributed by atoms with E-state index in [0.29, 0.717) is 38.4 Å². The quantitative estimate of drug-likeness (QED) is 0.133. The van der Waals surface area contributed by atoms with Crippen LogP contribution in [0.4, 0.5) is 0 Å². The third kappa shape index (κ3) is 6.84. The molecule has 190 valence electrons. The van der Waals surface area contributed by atoms with E-state index in [9.17, 15) is 4.79 Å². The molecule has 4 aromatic rings. The molecule has 7 nitrogen and oxygen atoms in total. The summed E-state index contributed by atoms with van der Waals surface area (Å²) in [6.07, 6.45) is 0. The van der Waals surface area contributed by atoms with E-state index in [4.69, 9.17) is 39.5 Å². The molecule has 0 saturated carbocycles. The molecule has 1 heterocycles. The molecule has 1 amide bonds. The van der Waals surface area contributed by atoms with Crippen molar-refractivity contribution in [2.45, 2.75) is 19.0 Å². The standard InChI is InChI=1S/C26H22Cl3N5O2S/c1-3-36-21-11-9-20(10-12-21)34-25(17-4-7-19(27)8-5-17)32-33-26(34)37-15-24(35)31-30-16(2)18-6-13-22(28)23(29)14-18/h4-14H,3,15H2,1-2H3,(H,31,35). The van der Waals surface area contributed by atoms with Crippen molar-refractivity contribution in [3.8, 4) is 22.8 Å². The van der Waals surface area contributed by atoms with Crippen molar-refractivity contribution in [1.29, 1.82) is 0 Å². The van der Waals surface area contributed by atoms with E-state index in [1.807, 2.05) is 47.9 Å². The zero-order valence-corrected chi connectivity index (χ0v) is 23.0. The molecule has 0 saturated heterocycles. The predicted octanol–water partition coefficient (Wildman–Crippen LogP) is 6.93. The van der Waals surface area contributed by atoms with Gasteiger partial charge in [-0.25, -0.2) is 5.43 Å². The second-order valence-electron chi connectivity index (χ2n) is 7.73. The maximum atomic E-state index is 12.6. The highest BCUT2D eigenvalue weighted by atomic mass is 35.5. The lowest BCUT2D eigenvalue weighted by Gasteiger charge is -2.11. The van der Waals surface area contributed by atoms with Gasteiger partial charge in [0.25, 0.3) is 5.91 Å². The Morgan fingerprint density at radius 1 is 1.00 bits per heavy atom. The van der Waals surface area contributed by atoms with Crippen LogP contribution in [-0.2, 0) is 4.79 Å². The molecule has 1 aromatic heterocycles. The lowest BCUT2D eigenvalue weighted by atomic mass is 10.1. The Morgan fingerprint density at radius 3 is 2.41 bits per heavy atom. The van der Waals surface area contributed by atoms with E-state index in [0.717, 1.165) is 22.6 Å². The predicted molar refractivity (Wildman–Crippen MR) is 151 cm³/mol. The maximum absolute atomic E-state index is 12.6. The summed E-state index contributed by atoms with van der Waals surface area (Å²) in [7, 11) is 0. The molecule has 11 heteroatoms. The second kappa shape index (κ2) is 12.5. The molecule has 0 aliphatic rings. The zero-order valence-electron chi connectivity index (χ0n) is 19.9. The Labute approximate surface area is 233 Å². The van der Waals surface area contributed by atoms with Gasteiger partial charge in [0.15, 0.2) is 11.0 Å². The van der Waals surface area contributed by atoms with Crippen LogP contribution in [0.1, 0.15) is 19.4 Å². The van der Waals surface area contributed by atoms with E-state index in [-0.39, 0.29) is 11.7 Å². The molecule has 37 heavy (non-hydrogen) atoms. The summed E-state index contributed by atoms with van der Waals surface area (Å²) in [4.78, 5) is 12.6. The monoisotopic (exact) mass is 573 g/mol. The molecule has 4 rings (SSSR count). The van der Waals surface area contributed by atoms with Gasteiger partial charge in [-0.15, -0.1) is 10.2 Å². The first-order valence-electron chi connectivity index (χ1n) is 11.2. The van der Waals surface area contributed by atoms with Crippen LogP contribution < -0.4 is 10.2 Å². The number of nitrogens with one attached hydrogen (secondary N) is 1. The van der Waals surface area contributed by atoms with Crippen LogP contribution in [0, 0.1) is 0 Å². The number of ether oxygens (including phenoxy) is 1. The van der Waals surface area contributed by atoms with Crippen LogP contribution in [0.15, 0.2) is 77.0 Å². The van der Waals surface area contributed by atoms with E-state index < -0.39 is 0 Å². The van der Waals surface area contributed by atoms with Crippen LogP contribution in [0.2, 0.25) is 15.1 Å². The molecule has 0 aliphatic carbocycles. The van der Waals surface area contributed by atoms with Gasteiger partial charge >= 0.3 is 0 Å². The van der Waals surface area contributed by atoms with Crippen LogP contribution in [0.25, 0.3) is 17.1 Å². The van der Waals surface area contributed by atoms with Crippen molar-refractivity contribution in [2.24, 2.45) is 5.10 Å². The molecule has 0 spiro atoms. The molecule has 0 bridgehead atoms. The molecule has 3 aromatic carbocycles. The molecular formula is C26H22Cl3N5O2S. The van der Waals surface area contributed by atoms with Crippen molar-refractivity contribution in [1.82, 2.24) is 20.2 Å². The van der Waals surface area contributed by atoms with Gasteiger partial charge in [0.1, 0.15) is 5.75 Å². The topological polar surface area (TPSA) is 81.4 Å². The number of thioether (sulfide) groups is 1. The first-order chi connectivity index (χ1) is 17.9. The molecule has 0 fully saturated rings. The largest absolute Gasteiger partial charge is 0.494 e. The summed E-state index contributed by atoms with van der Waals surface area (Å²) in [6, 6.07) is 20.1. The van der Waals surface area contributed by atoms with Crippen LogP contribution in [-0.4, -0.2) is 38.7 Å². The van der Waals surface area contributed by atoms with Crippen molar-refractivity contribution in [3.05, 3.63) is 87.4 Å². The maximum Gasteiger partial charge on any atom is 0.250 e. The number of carbonyl (C=O) groups excluding carboxylic acids is 1. The summed E-state index contributed by atoms with van der Waals surface area (Å²) in [5.41, 5.74) is 5.59. The fraction of sp³-hybridized carbons (Fsp3) is 0.154. The fourth-order valence-electron chi connectivity index (χ4n) is 3.33. The minimum Gasteiger partial charge on any atom is -0.494 e. The summed E-state index contributed by atoms with van der Waals surface area (Å²) >= 11 is 19.4. The molecular weight excluding hydrogens is 553 g/mol. The van der Waals surface area contributed by atoms with E-state index in [2.05, 4.69) is 20.7 Å². The smallest absolute Gasteiger partial charge is 0.250 e. The lowest BCUT2D eigenvalue weighted by Crippen LogP contribution is -2.21. The Balaban J connectivity index is 1.53. The number of nitrogens with zero attached hydrogens (tertiary/aromatic N) is 4. The SMILES string of the molecule is CCOc1ccc(-n2c(SCC(=O)NN=C(C)c3ccc(Cl)c(Cl)c3)nnc2-c2ccc(Cl)cc2)cc1. The minimum atomic E-state index is -0.293. The summed E-state index contributed by atoms with van der Waals surface area (Å²) < 4.78 is 7.46. The zero-order chi connectivity index (χ0) is 26.4. The number of hydrogen-bond donors (Lipinski definition) is 1. The molecule has 0 atom stereocenters. The van der Waals surface area contributed by atoms with E-state index in [1.165, 1.54) is 11.8 Å². The van der Waals surface area contributed by atoms with Crippen LogP contribution in [0.5, 0.6) is 5.75 Å². The summed E-state index contributed by atoms with van der Waals surface area (Å²) in [5, 5.41) is 15.0. The Bertz CT molecular complexity index is 1420. The first-order valence-corrected chi connectivity index (χ1v) is 13.3. The van der Waals surface area contributed by atoms with Gasteiger partial charge < -0.3 is 4.74 Å². The second-order valence-corrected chi connectivity index (χ2v) is 9.92. The Kier molecular flexibility index (Phi) is 9.10. The van der Waals surface area contributed by atoms with Gasteiger partial charge in [-0.1, -0.05) is 52.6 Å². The van der Waals surface area contributed by atoms with Gasteiger partial charge in [0.05, 0.1) is 28.1 Å². The highest BCUT2D eigenvalue weighted by Gasteiger charge is 2.17. The summed E-state index contributed by atoms with van der Waals surface area (Å²) in [6.45, 7) is 4.28. The van der Waals surface area contributed by atoms with Crippen molar-refractivity contribution < 1.29 is 9.53 Å². The number of halogens is 3. The van der Waals surface area contributed by atoms with Gasteiger partial charge in [-0.3, -0.25) is 9.36 Å². The van der Waals surface area contributed by atoms with Gasteiger partial charge in [-0.2, -0.15) is 5.10 Å². The first kappa shape index (κ1) is 27.0. The number of aromatic nitrogens is 3. The molecule has 1 N–H and O–H groups in total. The number of benzene rings is 3. The van der Waals surface area contributed by atoms with Gasteiger partial charge in [0.2, 0.25) is 0 Å².